The van der Waals surface area contributed by atoms with Crippen molar-refractivity contribution in [2.75, 3.05) is 23.7 Å². The monoisotopic (exact) mass is 288 g/mol. The molecule has 2 aromatic rings. The van der Waals surface area contributed by atoms with Crippen LogP contribution in [0.4, 0.5) is 11.8 Å². The molecule has 2 aromatic heterocycles. The largest absolute Gasteiger partial charge is 0.368 e. The molecule has 21 heavy (non-hydrogen) atoms. The number of H-pyrrole nitrogens is 1. The Balaban J connectivity index is 1.74. The van der Waals surface area contributed by atoms with Crippen LogP contribution in [-0.2, 0) is 0 Å². The van der Waals surface area contributed by atoms with Crippen LogP contribution >= 0.6 is 0 Å². The molecule has 6 heteroatoms. The number of aromatic nitrogens is 4. The Kier molecular flexibility index (Phi) is 4.22. The Labute approximate surface area is 125 Å². The van der Waals surface area contributed by atoms with Gasteiger partial charge in [0.15, 0.2) is 11.5 Å². The summed E-state index contributed by atoms with van der Waals surface area (Å²) in [6, 6.07) is 0. The number of nitrogens with zero attached hydrogens (tertiary/aromatic N) is 3. The van der Waals surface area contributed by atoms with E-state index in [9.17, 15) is 0 Å². The Morgan fingerprint density at radius 2 is 2.19 bits per heavy atom. The first-order valence-electron chi connectivity index (χ1n) is 7.95. The zero-order valence-electron chi connectivity index (χ0n) is 12.8. The van der Waals surface area contributed by atoms with E-state index in [2.05, 4.69) is 37.5 Å². The van der Waals surface area contributed by atoms with Crippen molar-refractivity contribution >= 4 is 22.9 Å². The van der Waals surface area contributed by atoms with Gasteiger partial charge < -0.3 is 15.6 Å². The summed E-state index contributed by atoms with van der Waals surface area (Å²) < 4.78 is 0. The molecule has 2 heterocycles. The molecule has 0 aromatic carbocycles. The second kappa shape index (κ2) is 6.28. The lowest BCUT2D eigenvalue weighted by atomic mass is 9.82. The molecule has 0 saturated heterocycles. The van der Waals surface area contributed by atoms with E-state index in [4.69, 9.17) is 0 Å². The fourth-order valence-electron chi connectivity index (χ4n) is 3.18. The molecule has 1 fully saturated rings. The van der Waals surface area contributed by atoms with Gasteiger partial charge in [-0.15, -0.1) is 0 Å². The molecule has 114 valence electrons. The number of hydrogen-bond acceptors (Lipinski definition) is 5. The van der Waals surface area contributed by atoms with E-state index in [-0.39, 0.29) is 0 Å². The molecule has 0 spiro atoms. The van der Waals surface area contributed by atoms with Crippen molar-refractivity contribution in [1.29, 1.82) is 0 Å². The smallest absolute Gasteiger partial charge is 0.226 e. The molecule has 3 N–H and O–H groups in total. The van der Waals surface area contributed by atoms with Gasteiger partial charge in [0.2, 0.25) is 5.95 Å². The zero-order chi connectivity index (χ0) is 14.7. The summed E-state index contributed by atoms with van der Waals surface area (Å²) in [5, 5.41) is 6.66. The van der Waals surface area contributed by atoms with Gasteiger partial charge in [0, 0.05) is 13.1 Å². The number of hydrogen-bond donors (Lipinski definition) is 3. The highest BCUT2D eigenvalue weighted by molar-refractivity contribution is 5.83. The van der Waals surface area contributed by atoms with Crippen molar-refractivity contribution in [2.45, 2.75) is 39.5 Å². The van der Waals surface area contributed by atoms with Crippen molar-refractivity contribution in [3.8, 4) is 0 Å². The number of fused-ring (bicyclic) bond motifs is 1. The van der Waals surface area contributed by atoms with Gasteiger partial charge in [0.1, 0.15) is 5.52 Å². The summed E-state index contributed by atoms with van der Waals surface area (Å²) in [5.74, 6) is 3.08. The lowest BCUT2D eigenvalue weighted by Gasteiger charge is -2.27. The minimum atomic E-state index is 0.636. The van der Waals surface area contributed by atoms with Crippen molar-refractivity contribution in [3.05, 3.63) is 6.33 Å². The first-order valence-corrected chi connectivity index (χ1v) is 7.95. The van der Waals surface area contributed by atoms with Gasteiger partial charge in [-0.05, 0) is 31.6 Å². The van der Waals surface area contributed by atoms with E-state index >= 15 is 0 Å². The molecular weight excluding hydrogens is 264 g/mol. The first-order chi connectivity index (χ1) is 10.3. The van der Waals surface area contributed by atoms with Crippen LogP contribution < -0.4 is 10.6 Å². The molecular formula is C15H24N6. The Hall–Kier alpha value is -1.85. The quantitative estimate of drug-likeness (QED) is 0.788. The van der Waals surface area contributed by atoms with Gasteiger partial charge in [-0.2, -0.15) is 9.97 Å². The van der Waals surface area contributed by atoms with Crippen LogP contribution in [0.5, 0.6) is 0 Å². The number of aromatic amines is 1. The fraction of sp³-hybridized carbons (Fsp3) is 0.667. The number of nitrogens with one attached hydrogen (secondary N) is 3. The highest BCUT2D eigenvalue weighted by Crippen LogP contribution is 2.29. The second-order valence-electron chi connectivity index (χ2n) is 6.05. The molecule has 1 aliphatic carbocycles. The van der Waals surface area contributed by atoms with Crippen LogP contribution in [0.15, 0.2) is 6.33 Å². The van der Waals surface area contributed by atoms with Crippen molar-refractivity contribution < 1.29 is 0 Å². The van der Waals surface area contributed by atoms with Crippen LogP contribution in [0.1, 0.15) is 39.5 Å². The van der Waals surface area contributed by atoms with Gasteiger partial charge in [-0.1, -0.05) is 19.8 Å². The molecule has 0 amide bonds. The second-order valence-corrected chi connectivity index (χ2v) is 6.05. The third kappa shape index (κ3) is 3.25. The summed E-state index contributed by atoms with van der Waals surface area (Å²) in [6.45, 7) is 6.17. The Morgan fingerprint density at radius 1 is 1.29 bits per heavy atom. The van der Waals surface area contributed by atoms with Crippen LogP contribution in [0.25, 0.3) is 11.2 Å². The van der Waals surface area contributed by atoms with Crippen LogP contribution in [0.2, 0.25) is 0 Å². The lowest BCUT2D eigenvalue weighted by Crippen LogP contribution is -2.21. The SMILES string of the molecule is CCNc1nc(NCC2CCCC(C)C2)c2[nH]cnc2n1. The van der Waals surface area contributed by atoms with Gasteiger partial charge >= 0.3 is 0 Å². The molecule has 1 aliphatic rings. The Morgan fingerprint density at radius 3 is 3.00 bits per heavy atom. The normalized spacial score (nSPS) is 22.4. The minimum Gasteiger partial charge on any atom is -0.368 e. The van der Waals surface area contributed by atoms with Gasteiger partial charge in [-0.3, -0.25) is 0 Å². The molecule has 0 bridgehead atoms. The minimum absolute atomic E-state index is 0.636. The third-order valence-corrected chi connectivity index (χ3v) is 4.22. The van der Waals surface area contributed by atoms with E-state index in [0.29, 0.717) is 11.6 Å². The average molecular weight is 288 g/mol. The first kappa shape index (κ1) is 14.1. The average Bonchev–Trinajstić information content (AvgIpc) is 2.93. The Bertz CT molecular complexity index is 593. The highest BCUT2D eigenvalue weighted by atomic mass is 15.2. The zero-order valence-corrected chi connectivity index (χ0v) is 12.8. The molecule has 0 radical (unpaired) electrons. The third-order valence-electron chi connectivity index (χ3n) is 4.22. The van der Waals surface area contributed by atoms with Crippen LogP contribution in [-0.4, -0.2) is 33.0 Å². The maximum atomic E-state index is 4.56. The van der Waals surface area contributed by atoms with E-state index in [0.717, 1.165) is 36.3 Å². The number of anilines is 2. The highest BCUT2D eigenvalue weighted by Gasteiger charge is 2.19. The summed E-state index contributed by atoms with van der Waals surface area (Å²) in [5.41, 5.74) is 1.60. The number of rotatable bonds is 5. The molecule has 1 saturated carbocycles. The molecule has 0 aliphatic heterocycles. The summed E-state index contributed by atoms with van der Waals surface area (Å²) in [4.78, 5) is 16.3. The van der Waals surface area contributed by atoms with Crippen molar-refractivity contribution in [2.24, 2.45) is 11.8 Å². The maximum Gasteiger partial charge on any atom is 0.226 e. The molecule has 2 atom stereocenters. The fourth-order valence-corrected chi connectivity index (χ4v) is 3.18. The molecule has 3 rings (SSSR count). The summed E-state index contributed by atoms with van der Waals surface area (Å²) >= 11 is 0. The number of imidazole rings is 1. The predicted octanol–water partition coefficient (Wildman–Crippen LogP) is 3.02. The van der Waals surface area contributed by atoms with Gasteiger partial charge in [0.05, 0.1) is 6.33 Å². The molecule has 6 nitrogen and oxygen atoms in total. The topological polar surface area (TPSA) is 78.5 Å². The van der Waals surface area contributed by atoms with E-state index in [1.165, 1.54) is 25.7 Å². The predicted molar refractivity (Wildman–Crippen MR) is 85.5 cm³/mol. The van der Waals surface area contributed by atoms with E-state index in [1.807, 2.05) is 6.92 Å². The lowest BCUT2D eigenvalue weighted by molar-refractivity contribution is 0.293. The summed E-state index contributed by atoms with van der Waals surface area (Å²) in [7, 11) is 0. The van der Waals surface area contributed by atoms with E-state index < -0.39 is 0 Å². The van der Waals surface area contributed by atoms with Crippen molar-refractivity contribution in [3.63, 3.8) is 0 Å². The standard InChI is InChI=1S/C15H24N6/c1-3-16-15-20-13(12-14(21-15)19-9-18-12)17-8-11-6-4-5-10(2)7-11/h9-11H,3-8H2,1-2H3,(H3,16,17,18,19,20,21). The van der Waals surface area contributed by atoms with Gasteiger partial charge in [0.25, 0.3) is 0 Å². The van der Waals surface area contributed by atoms with Crippen LogP contribution in [0.3, 0.4) is 0 Å². The maximum absolute atomic E-state index is 4.56. The summed E-state index contributed by atoms with van der Waals surface area (Å²) in [6.07, 6.45) is 7.01. The van der Waals surface area contributed by atoms with E-state index in [1.54, 1.807) is 6.33 Å². The van der Waals surface area contributed by atoms with Crippen LogP contribution in [0, 0.1) is 11.8 Å². The van der Waals surface area contributed by atoms with Gasteiger partial charge in [-0.25, -0.2) is 4.98 Å². The van der Waals surface area contributed by atoms with Crippen molar-refractivity contribution in [1.82, 2.24) is 19.9 Å². The molecule has 2 unspecified atom stereocenters.